The molecule has 1 heterocycles. The Balaban J connectivity index is 1.87. The van der Waals surface area contributed by atoms with Crippen molar-refractivity contribution < 1.29 is 14.3 Å². The van der Waals surface area contributed by atoms with Crippen molar-refractivity contribution in [1.82, 2.24) is 10.2 Å². The number of methoxy groups -OCH3 is 1. The van der Waals surface area contributed by atoms with E-state index in [1.165, 1.54) is 4.90 Å². The van der Waals surface area contributed by atoms with E-state index in [9.17, 15) is 9.59 Å². The van der Waals surface area contributed by atoms with Crippen LogP contribution in [0.5, 0.6) is 5.75 Å². The minimum absolute atomic E-state index is 0.128. The first-order chi connectivity index (χ1) is 10.2. The molecule has 5 nitrogen and oxygen atoms in total. The number of carbonyl (C=O) groups is 2. The Labute approximate surface area is 124 Å². The molecular formula is C16H20N2O3. The van der Waals surface area contributed by atoms with Crippen molar-refractivity contribution in [2.24, 2.45) is 0 Å². The Kier molecular flexibility index (Phi) is 4.98. The number of nitrogens with zero attached hydrogens (tertiary/aromatic N) is 1. The lowest BCUT2D eigenvalue weighted by Gasteiger charge is -2.10. The largest absolute Gasteiger partial charge is 0.497 e. The summed E-state index contributed by atoms with van der Waals surface area (Å²) in [4.78, 5) is 24.8. The topological polar surface area (TPSA) is 58.6 Å². The standard InChI is InChI=1S/C16H20N2O3/c1-3-14-15(19)18(16(20)17-14)10-5-4-7-12-8-6-9-13(11-12)21-2/h4,6-9,11,14H,3,5,10H2,1-2H3,(H,17,20)/b7-4+. The van der Waals surface area contributed by atoms with Gasteiger partial charge in [-0.25, -0.2) is 4.79 Å². The lowest BCUT2D eigenvalue weighted by Crippen LogP contribution is -2.32. The second-order valence-electron chi connectivity index (χ2n) is 4.87. The molecule has 0 aromatic heterocycles. The molecule has 1 unspecified atom stereocenters. The molecule has 0 radical (unpaired) electrons. The van der Waals surface area contributed by atoms with E-state index >= 15 is 0 Å². The average molecular weight is 288 g/mol. The first kappa shape index (κ1) is 15.1. The predicted molar refractivity (Wildman–Crippen MR) is 81.0 cm³/mol. The summed E-state index contributed by atoms with van der Waals surface area (Å²) in [6.07, 6.45) is 5.17. The van der Waals surface area contributed by atoms with Crippen molar-refractivity contribution in [3.63, 3.8) is 0 Å². The molecule has 3 amide bonds. The van der Waals surface area contributed by atoms with Gasteiger partial charge in [-0.3, -0.25) is 9.69 Å². The van der Waals surface area contributed by atoms with Gasteiger partial charge >= 0.3 is 6.03 Å². The summed E-state index contributed by atoms with van der Waals surface area (Å²) in [7, 11) is 1.63. The maximum absolute atomic E-state index is 11.9. The van der Waals surface area contributed by atoms with Gasteiger partial charge in [0, 0.05) is 6.54 Å². The zero-order chi connectivity index (χ0) is 15.2. The number of hydrogen-bond acceptors (Lipinski definition) is 3. The number of nitrogens with one attached hydrogen (secondary N) is 1. The van der Waals surface area contributed by atoms with Crippen molar-refractivity contribution in [2.45, 2.75) is 25.8 Å². The van der Waals surface area contributed by atoms with Crippen molar-refractivity contribution in [1.29, 1.82) is 0 Å². The third-order valence-electron chi connectivity index (χ3n) is 3.44. The summed E-state index contributed by atoms with van der Waals surface area (Å²) in [6.45, 7) is 2.29. The molecule has 1 fully saturated rings. The van der Waals surface area contributed by atoms with Gasteiger partial charge in [-0.15, -0.1) is 0 Å². The van der Waals surface area contributed by atoms with E-state index in [1.807, 2.05) is 43.3 Å². The Hall–Kier alpha value is -2.30. The van der Waals surface area contributed by atoms with E-state index in [0.29, 0.717) is 19.4 Å². The first-order valence-corrected chi connectivity index (χ1v) is 7.08. The molecule has 5 heteroatoms. The summed E-state index contributed by atoms with van der Waals surface area (Å²) in [5, 5.41) is 2.67. The number of ether oxygens (including phenoxy) is 1. The molecule has 0 spiro atoms. The van der Waals surface area contributed by atoms with Crippen LogP contribution in [0.2, 0.25) is 0 Å². The van der Waals surface area contributed by atoms with Crippen molar-refractivity contribution >= 4 is 18.0 Å². The number of carbonyl (C=O) groups excluding carboxylic acids is 2. The van der Waals surface area contributed by atoms with Crippen LogP contribution in [0.15, 0.2) is 30.3 Å². The predicted octanol–water partition coefficient (Wildman–Crippen LogP) is 2.43. The van der Waals surface area contributed by atoms with Gasteiger partial charge in [-0.1, -0.05) is 31.2 Å². The molecule has 1 saturated heterocycles. The van der Waals surface area contributed by atoms with Crippen LogP contribution >= 0.6 is 0 Å². The zero-order valence-corrected chi connectivity index (χ0v) is 12.3. The van der Waals surface area contributed by atoms with Crippen LogP contribution in [0.3, 0.4) is 0 Å². The Morgan fingerprint density at radius 1 is 1.38 bits per heavy atom. The molecule has 21 heavy (non-hydrogen) atoms. The molecule has 2 rings (SSSR count). The van der Waals surface area contributed by atoms with E-state index in [-0.39, 0.29) is 18.0 Å². The van der Waals surface area contributed by atoms with Crippen molar-refractivity contribution in [3.05, 3.63) is 35.9 Å². The van der Waals surface area contributed by atoms with Gasteiger partial charge in [-0.05, 0) is 30.5 Å². The quantitative estimate of drug-likeness (QED) is 0.818. The SMILES string of the molecule is CCC1NC(=O)N(CC/C=C/c2cccc(OC)c2)C1=O. The highest BCUT2D eigenvalue weighted by atomic mass is 16.5. The van der Waals surface area contributed by atoms with E-state index in [2.05, 4.69) is 5.32 Å². The summed E-state index contributed by atoms with van der Waals surface area (Å²) < 4.78 is 5.16. The number of imide groups is 1. The number of urea groups is 1. The summed E-state index contributed by atoms with van der Waals surface area (Å²) in [5.41, 5.74) is 1.03. The molecule has 0 saturated carbocycles. The molecule has 0 bridgehead atoms. The molecular weight excluding hydrogens is 268 g/mol. The monoisotopic (exact) mass is 288 g/mol. The van der Waals surface area contributed by atoms with E-state index < -0.39 is 0 Å². The number of hydrogen-bond donors (Lipinski definition) is 1. The van der Waals surface area contributed by atoms with Gasteiger partial charge in [0.25, 0.3) is 5.91 Å². The van der Waals surface area contributed by atoms with Gasteiger partial charge in [0.15, 0.2) is 0 Å². The van der Waals surface area contributed by atoms with E-state index in [1.54, 1.807) is 7.11 Å². The lowest BCUT2D eigenvalue weighted by molar-refractivity contribution is -0.127. The Morgan fingerprint density at radius 2 is 2.19 bits per heavy atom. The third kappa shape index (κ3) is 3.62. The molecule has 1 aliphatic rings. The first-order valence-electron chi connectivity index (χ1n) is 7.08. The van der Waals surface area contributed by atoms with Crippen LogP contribution < -0.4 is 10.1 Å². The van der Waals surface area contributed by atoms with Crippen LogP contribution in [0, 0.1) is 0 Å². The number of benzene rings is 1. The second kappa shape index (κ2) is 6.92. The van der Waals surface area contributed by atoms with Gasteiger partial charge in [0.1, 0.15) is 11.8 Å². The molecule has 1 N–H and O–H groups in total. The summed E-state index contributed by atoms with van der Waals surface area (Å²) >= 11 is 0. The molecule has 1 aliphatic heterocycles. The fourth-order valence-electron chi connectivity index (χ4n) is 2.23. The highest BCUT2D eigenvalue weighted by Crippen LogP contribution is 2.14. The average Bonchev–Trinajstić information content (AvgIpc) is 2.78. The van der Waals surface area contributed by atoms with Crippen molar-refractivity contribution in [3.8, 4) is 5.75 Å². The van der Waals surface area contributed by atoms with Crippen LogP contribution in [0.25, 0.3) is 6.08 Å². The van der Waals surface area contributed by atoms with Gasteiger partial charge in [0.05, 0.1) is 7.11 Å². The fraction of sp³-hybridized carbons (Fsp3) is 0.375. The van der Waals surface area contributed by atoms with Gasteiger partial charge in [0.2, 0.25) is 0 Å². The lowest BCUT2D eigenvalue weighted by atomic mass is 10.2. The number of amides is 3. The summed E-state index contributed by atoms with van der Waals surface area (Å²) in [6, 6.07) is 7.05. The third-order valence-corrected chi connectivity index (χ3v) is 3.44. The molecule has 112 valence electrons. The smallest absolute Gasteiger partial charge is 0.324 e. The minimum atomic E-state index is -0.361. The minimum Gasteiger partial charge on any atom is -0.497 e. The van der Waals surface area contributed by atoms with Gasteiger partial charge < -0.3 is 10.1 Å². The van der Waals surface area contributed by atoms with Crippen molar-refractivity contribution in [2.75, 3.05) is 13.7 Å². The highest BCUT2D eigenvalue weighted by Gasteiger charge is 2.35. The maximum Gasteiger partial charge on any atom is 0.324 e. The van der Waals surface area contributed by atoms with Crippen LogP contribution in [0.4, 0.5) is 4.79 Å². The van der Waals surface area contributed by atoms with Crippen LogP contribution in [-0.2, 0) is 4.79 Å². The summed E-state index contributed by atoms with van der Waals surface area (Å²) in [5.74, 6) is 0.675. The van der Waals surface area contributed by atoms with Gasteiger partial charge in [-0.2, -0.15) is 0 Å². The Bertz CT molecular complexity index is 554. The fourth-order valence-corrected chi connectivity index (χ4v) is 2.23. The molecule has 0 aliphatic carbocycles. The number of rotatable bonds is 6. The second-order valence-corrected chi connectivity index (χ2v) is 4.87. The molecule has 1 aromatic rings. The van der Waals surface area contributed by atoms with Crippen LogP contribution in [-0.4, -0.2) is 36.5 Å². The molecule has 1 atom stereocenters. The maximum atomic E-state index is 11.9. The van der Waals surface area contributed by atoms with E-state index in [0.717, 1.165) is 11.3 Å². The van der Waals surface area contributed by atoms with Crippen LogP contribution in [0.1, 0.15) is 25.3 Å². The normalized spacial score (nSPS) is 18.4. The Morgan fingerprint density at radius 3 is 2.86 bits per heavy atom. The highest BCUT2D eigenvalue weighted by molar-refractivity contribution is 6.04. The van der Waals surface area contributed by atoms with E-state index in [4.69, 9.17) is 4.74 Å². The zero-order valence-electron chi connectivity index (χ0n) is 12.3. The molecule has 1 aromatic carbocycles.